The van der Waals surface area contributed by atoms with Gasteiger partial charge in [0.25, 0.3) is 0 Å². The van der Waals surface area contributed by atoms with Crippen LogP contribution in [0.25, 0.3) is 0 Å². The molecule has 1 amide bonds. The molecule has 15 heavy (non-hydrogen) atoms. The molecule has 0 aliphatic carbocycles. The van der Waals surface area contributed by atoms with E-state index >= 15 is 0 Å². The molecule has 0 aliphatic rings. The van der Waals surface area contributed by atoms with Gasteiger partial charge in [0.15, 0.2) is 0 Å². The van der Waals surface area contributed by atoms with Gasteiger partial charge >= 0.3 is 0 Å². The van der Waals surface area contributed by atoms with E-state index in [1.165, 1.54) is 0 Å². The Kier molecular flexibility index (Phi) is 8.91. The Balaban J connectivity index is 3.87. The van der Waals surface area contributed by atoms with E-state index in [2.05, 4.69) is 19.2 Å². The Hall–Kier alpha value is -0.220. The van der Waals surface area contributed by atoms with Crippen LogP contribution in [0.1, 0.15) is 39.5 Å². The molecule has 0 aromatic heterocycles. The summed E-state index contributed by atoms with van der Waals surface area (Å²) in [6, 6.07) is -0.0685. The predicted octanol–water partition coefficient (Wildman–Crippen LogP) is 1.76. The van der Waals surface area contributed by atoms with Crippen molar-refractivity contribution in [1.29, 1.82) is 0 Å². The number of carbonyl (C=O) groups excluding carboxylic acids is 1. The summed E-state index contributed by atoms with van der Waals surface area (Å²) in [5.41, 5.74) is 5.78. The first kappa shape index (κ1) is 14.8. The van der Waals surface area contributed by atoms with Gasteiger partial charge in [0.2, 0.25) is 5.91 Å². The van der Waals surface area contributed by atoms with Gasteiger partial charge < -0.3 is 11.1 Å². The third-order valence-corrected chi connectivity index (χ3v) is 3.15. The van der Waals surface area contributed by atoms with Gasteiger partial charge in [0.1, 0.15) is 0 Å². The molecule has 0 fully saturated rings. The molecule has 2 atom stereocenters. The van der Waals surface area contributed by atoms with E-state index in [-0.39, 0.29) is 18.0 Å². The average molecular weight is 232 g/mol. The molecule has 0 aromatic carbocycles. The summed E-state index contributed by atoms with van der Waals surface area (Å²) in [7, 11) is 0. The molecule has 0 rings (SSSR count). The van der Waals surface area contributed by atoms with Crippen LogP contribution in [0.5, 0.6) is 0 Å². The maximum Gasteiger partial charge on any atom is 0.237 e. The second-order valence-electron chi connectivity index (χ2n) is 3.82. The summed E-state index contributed by atoms with van der Waals surface area (Å²) in [5.74, 6) is 0.965. The molecule has 4 heteroatoms. The van der Waals surface area contributed by atoms with Gasteiger partial charge in [-0.1, -0.05) is 26.7 Å². The predicted molar refractivity (Wildman–Crippen MR) is 68.1 cm³/mol. The van der Waals surface area contributed by atoms with Crippen LogP contribution < -0.4 is 11.1 Å². The van der Waals surface area contributed by atoms with Crippen molar-refractivity contribution in [3.05, 3.63) is 0 Å². The zero-order valence-electron chi connectivity index (χ0n) is 10.1. The topological polar surface area (TPSA) is 55.1 Å². The highest BCUT2D eigenvalue weighted by Gasteiger charge is 2.15. The zero-order valence-corrected chi connectivity index (χ0v) is 10.9. The van der Waals surface area contributed by atoms with E-state index in [9.17, 15) is 4.79 Å². The quantitative estimate of drug-likeness (QED) is 0.670. The fourth-order valence-corrected chi connectivity index (χ4v) is 2.05. The third-order valence-electron chi connectivity index (χ3n) is 2.41. The number of amides is 1. The minimum Gasteiger partial charge on any atom is -0.351 e. The highest BCUT2D eigenvalue weighted by molar-refractivity contribution is 7.98. The lowest BCUT2D eigenvalue weighted by Crippen LogP contribution is -2.46. The molecule has 0 spiro atoms. The fourth-order valence-electron chi connectivity index (χ4n) is 1.33. The third kappa shape index (κ3) is 6.79. The summed E-state index contributed by atoms with van der Waals surface area (Å²) in [6.07, 6.45) is 5.91. The second-order valence-corrected chi connectivity index (χ2v) is 4.73. The summed E-state index contributed by atoms with van der Waals surface area (Å²) in [5, 5.41) is 2.99. The first-order valence-electron chi connectivity index (χ1n) is 5.70. The number of nitrogens with one attached hydrogen (secondary N) is 1. The molecule has 3 nitrogen and oxygen atoms in total. The molecular weight excluding hydrogens is 208 g/mol. The first-order chi connectivity index (χ1) is 7.15. The van der Waals surface area contributed by atoms with Crippen molar-refractivity contribution >= 4 is 17.7 Å². The van der Waals surface area contributed by atoms with Crippen molar-refractivity contribution in [3.63, 3.8) is 0 Å². The Morgan fingerprint density at radius 1 is 1.47 bits per heavy atom. The van der Waals surface area contributed by atoms with Crippen molar-refractivity contribution in [2.24, 2.45) is 5.73 Å². The lowest BCUT2D eigenvalue weighted by molar-refractivity contribution is -0.123. The van der Waals surface area contributed by atoms with Gasteiger partial charge in [-0.2, -0.15) is 11.8 Å². The van der Waals surface area contributed by atoms with E-state index < -0.39 is 0 Å². The van der Waals surface area contributed by atoms with Crippen LogP contribution in [0.15, 0.2) is 0 Å². The Morgan fingerprint density at radius 3 is 2.60 bits per heavy atom. The van der Waals surface area contributed by atoms with E-state index in [0.717, 1.165) is 31.4 Å². The van der Waals surface area contributed by atoms with Gasteiger partial charge in [-0.3, -0.25) is 4.79 Å². The first-order valence-corrected chi connectivity index (χ1v) is 7.09. The second kappa shape index (κ2) is 9.04. The highest BCUT2D eigenvalue weighted by atomic mass is 32.2. The highest BCUT2D eigenvalue weighted by Crippen LogP contribution is 2.03. The molecule has 2 unspecified atom stereocenters. The van der Waals surface area contributed by atoms with Crippen LogP contribution in [-0.4, -0.2) is 30.0 Å². The minimum atomic E-state index is -0.333. The van der Waals surface area contributed by atoms with Crippen molar-refractivity contribution in [1.82, 2.24) is 5.32 Å². The van der Waals surface area contributed by atoms with Gasteiger partial charge in [-0.25, -0.2) is 0 Å². The summed E-state index contributed by atoms with van der Waals surface area (Å²) in [6.45, 7) is 4.19. The maximum absolute atomic E-state index is 11.6. The standard InChI is InChI=1S/C11H24N2OS/c1-4-6-7-10(12)11(14)13-9(5-2)8-15-3/h9-10H,4-8,12H2,1-3H3,(H,13,14). The van der Waals surface area contributed by atoms with Crippen LogP contribution >= 0.6 is 11.8 Å². The molecule has 3 N–H and O–H groups in total. The smallest absolute Gasteiger partial charge is 0.237 e. The Morgan fingerprint density at radius 2 is 2.13 bits per heavy atom. The molecule has 0 aromatic rings. The number of unbranched alkanes of at least 4 members (excludes halogenated alkanes) is 1. The van der Waals surface area contributed by atoms with Crippen LogP contribution in [-0.2, 0) is 4.79 Å². The molecular formula is C11H24N2OS. The van der Waals surface area contributed by atoms with E-state index in [0.29, 0.717) is 0 Å². The van der Waals surface area contributed by atoms with Gasteiger partial charge in [0, 0.05) is 11.8 Å². The molecule has 0 radical (unpaired) electrons. The van der Waals surface area contributed by atoms with Gasteiger partial charge in [-0.15, -0.1) is 0 Å². The summed E-state index contributed by atoms with van der Waals surface area (Å²) in [4.78, 5) is 11.6. The lowest BCUT2D eigenvalue weighted by Gasteiger charge is -2.18. The number of carbonyl (C=O) groups is 1. The molecule has 0 bridgehead atoms. The average Bonchev–Trinajstić information content (AvgIpc) is 2.24. The monoisotopic (exact) mass is 232 g/mol. The van der Waals surface area contributed by atoms with Crippen molar-refractivity contribution < 1.29 is 4.79 Å². The lowest BCUT2D eigenvalue weighted by atomic mass is 10.1. The van der Waals surface area contributed by atoms with Crippen molar-refractivity contribution in [2.45, 2.75) is 51.6 Å². The normalized spacial score (nSPS) is 14.7. The van der Waals surface area contributed by atoms with Crippen molar-refractivity contribution in [2.75, 3.05) is 12.0 Å². The van der Waals surface area contributed by atoms with Crippen LogP contribution in [0.3, 0.4) is 0 Å². The van der Waals surface area contributed by atoms with E-state index in [1.807, 2.05) is 6.26 Å². The van der Waals surface area contributed by atoms with Crippen LogP contribution in [0.2, 0.25) is 0 Å². The molecule has 0 aliphatic heterocycles. The number of hydrogen-bond donors (Lipinski definition) is 2. The fraction of sp³-hybridized carbons (Fsp3) is 0.909. The Labute approximate surface area is 97.6 Å². The SMILES string of the molecule is CCCCC(N)C(=O)NC(CC)CSC. The van der Waals surface area contributed by atoms with E-state index in [4.69, 9.17) is 5.73 Å². The zero-order chi connectivity index (χ0) is 11.7. The van der Waals surface area contributed by atoms with Crippen molar-refractivity contribution in [3.8, 4) is 0 Å². The molecule has 0 saturated carbocycles. The number of hydrogen-bond acceptors (Lipinski definition) is 3. The van der Waals surface area contributed by atoms with Gasteiger partial charge in [0.05, 0.1) is 6.04 Å². The molecule has 0 heterocycles. The summed E-state index contributed by atoms with van der Waals surface area (Å²) >= 11 is 1.75. The van der Waals surface area contributed by atoms with Crippen LogP contribution in [0.4, 0.5) is 0 Å². The molecule has 0 saturated heterocycles. The largest absolute Gasteiger partial charge is 0.351 e. The van der Waals surface area contributed by atoms with Gasteiger partial charge in [-0.05, 0) is 19.1 Å². The summed E-state index contributed by atoms with van der Waals surface area (Å²) < 4.78 is 0. The minimum absolute atomic E-state index is 0.00403. The number of rotatable bonds is 8. The van der Waals surface area contributed by atoms with Crippen LogP contribution in [0, 0.1) is 0 Å². The maximum atomic E-state index is 11.6. The molecule has 90 valence electrons. The van der Waals surface area contributed by atoms with E-state index in [1.54, 1.807) is 11.8 Å². The number of thioether (sulfide) groups is 1. The number of nitrogens with two attached hydrogens (primary N) is 1. The Bertz CT molecular complexity index is 176.